The zero-order valence-corrected chi connectivity index (χ0v) is 13.7. The van der Waals surface area contributed by atoms with E-state index >= 15 is 0 Å². The van der Waals surface area contributed by atoms with E-state index in [9.17, 15) is 4.79 Å². The molecule has 2 aliphatic heterocycles. The average Bonchev–Trinajstić information content (AvgIpc) is 2.48. The normalized spacial score (nSPS) is 26.9. The van der Waals surface area contributed by atoms with Crippen molar-refractivity contribution in [1.29, 1.82) is 0 Å². The van der Waals surface area contributed by atoms with Crippen LogP contribution in [0.15, 0.2) is 0 Å². The van der Waals surface area contributed by atoms with Crippen molar-refractivity contribution < 1.29 is 9.53 Å². The van der Waals surface area contributed by atoms with Gasteiger partial charge in [-0.05, 0) is 38.1 Å². The van der Waals surface area contributed by atoms with Gasteiger partial charge in [-0.2, -0.15) is 0 Å². The van der Waals surface area contributed by atoms with Gasteiger partial charge in [0.25, 0.3) is 0 Å². The summed E-state index contributed by atoms with van der Waals surface area (Å²) in [5.74, 6) is 0.753. The van der Waals surface area contributed by atoms with Crippen molar-refractivity contribution in [2.75, 3.05) is 39.4 Å². The zero-order valence-electron chi connectivity index (χ0n) is 12.9. The Morgan fingerprint density at radius 2 is 2.14 bits per heavy atom. The minimum absolute atomic E-state index is 0. The number of carbonyl (C=O) groups is 1. The summed E-state index contributed by atoms with van der Waals surface area (Å²) in [5.41, 5.74) is 5.40. The zero-order chi connectivity index (χ0) is 14.2. The van der Waals surface area contributed by atoms with E-state index in [4.69, 9.17) is 10.5 Å². The lowest BCUT2D eigenvalue weighted by Gasteiger charge is -2.38. The SMILES string of the molecule is Cl.NCCC(=O)NCC1CCCCN1CC1CCCOC1. The highest BCUT2D eigenvalue weighted by molar-refractivity contribution is 5.85. The molecular weight excluding hydrogens is 290 g/mol. The monoisotopic (exact) mass is 319 g/mol. The van der Waals surface area contributed by atoms with Crippen LogP contribution < -0.4 is 11.1 Å². The number of halogens is 1. The Morgan fingerprint density at radius 3 is 2.86 bits per heavy atom. The number of rotatable bonds is 6. The Kier molecular flexibility index (Phi) is 9.24. The van der Waals surface area contributed by atoms with Crippen LogP contribution in [0, 0.1) is 5.92 Å². The fourth-order valence-corrected chi connectivity index (χ4v) is 3.27. The van der Waals surface area contributed by atoms with Gasteiger partial charge in [-0.1, -0.05) is 6.42 Å². The van der Waals surface area contributed by atoms with Crippen LogP contribution in [0.2, 0.25) is 0 Å². The van der Waals surface area contributed by atoms with Crippen molar-refractivity contribution in [2.45, 2.75) is 44.6 Å². The fourth-order valence-electron chi connectivity index (χ4n) is 3.27. The summed E-state index contributed by atoms with van der Waals surface area (Å²) in [6, 6.07) is 0.493. The van der Waals surface area contributed by atoms with E-state index in [1.165, 1.54) is 32.1 Å². The molecule has 0 bridgehead atoms. The number of nitrogens with one attached hydrogen (secondary N) is 1. The van der Waals surface area contributed by atoms with E-state index < -0.39 is 0 Å². The van der Waals surface area contributed by atoms with Crippen LogP contribution in [-0.2, 0) is 9.53 Å². The second kappa shape index (κ2) is 10.4. The van der Waals surface area contributed by atoms with Crippen molar-refractivity contribution in [3.05, 3.63) is 0 Å². The standard InChI is InChI=1S/C15H29N3O2.ClH/c16-7-6-15(19)17-10-14-5-1-2-8-18(14)11-13-4-3-9-20-12-13;/h13-14H,1-12,16H2,(H,17,19);1H. The molecule has 0 aromatic carbocycles. The fraction of sp³-hybridized carbons (Fsp3) is 0.933. The second-order valence-electron chi connectivity index (χ2n) is 6.07. The molecule has 0 aromatic heterocycles. The van der Waals surface area contributed by atoms with Gasteiger partial charge in [-0.3, -0.25) is 9.69 Å². The van der Waals surface area contributed by atoms with E-state index in [0.29, 0.717) is 24.9 Å². The van der Waals surface area contributed by atoms with Gasteiger partial charge in [0.2, 0.25) is 5.91 Å². The van der Waals surface area contributed by atoms with Gasteiger partial charge in [0.15, 0.2) is 0 Å². The van der Waals surface area contributed by atoms with Crippen molar-refractivity contribution >= 4 is 18.3 Å². The highest BCUT2D eigenvalue weighted by Crippen LogP contribution is 2.21. The number of hydrogen-bond donors (Lipinski definition) is 2. The van der Waals surface area contributed by atoms with Crippen LogP contribution in [0.5, 0.6) is 0 Å². The largest absolute Gasteiger partial charge is 0.381 e. The molecule has 2 aliphatic rings. The van der Waals surface area contributed by atoms with Crippen molar-refractivity contribution in [3.63, 3.8) is 0 Å². The minimum atomic E-state index is 0. The maximum atomic E-state index is 11.6. The van der Waals surface area contributed by atoms with Crippen molar-refractivity contribution in [3.8, 4) is 0 Å². The van der Waals surface area contributed by atoms with Gasteiger partial charge in [0.1, 0.15) is 0 Å². The summed E-state index contributed by atoms with van der Waals surface area (Å²) < 4.78 is 5.58. The first-order valence-corrected chi connectivity index (χ1v) is 8.08. The van der Waals surface area contributed by atoms with Gasteiger partial charge in [-0.15, -0.1) is 12.4 Å². The molecule has 0 spiro atoms. The number of hydrogen-bond acceptors (Lipinski definition) is 4. The molecule has 0 aromatic rings. The van der Waals surface area contributed by atoms with Crippen LogP contribution in [0.3, 0.4) is 0 Å². The molecule has 2 saturated heterocycles. The molecule has 2 atom stereocenters. The topological polar surface area (TPSA) is 67.6 Å². The van der Waals surface area contributed by atoms with Crippen molar-refractivity contribution in [2.24, 2.45) is 11.7 Å². The molecule has 3 N–H and O–H groups in total. The third kappa shape index (κ3) is 6.51. The van der Waals surface area contributed by atoms with Gasteiger partial charge in [0, 0.05) is 38.7 Å². The van der Waals surface area contributed by atoms with E-state index in [2.05, 4.69) is 10.2 Å². The lowest BCUT2D eigenvalue weighted by molar-refractivity contribution is -0.121. The van der Waals surface area contributed by atoms with Gasteiger partial charge in [0.05, 0.1) is 6.61 Å². The first-order chi connectivity index (χ1) is 9.79. The smallest absolute Gasteiger partial charge is 0.221 e. The lowest BCUT2D eigenvalue weighted by Crippen LogP contribution is -2.49. The number of carbonyl (C=O) groups excluding carboxylic acids is 1. The van der Waals surface area contributed by atoms with E-state index in [0.717, 1.165) is 32.8 Å². The van der Waals surface area contributed by atoms with Gasteiger partial charge < -0.3 is 15.8 Å². The van der Waals surface area contributed by atoms with E-state index in [1.807, 2.05) is 0 Å². The molecule has 5 nitrogen and oxygen atoms in total. The summed E-state index contributed by atoms with van der Waals surface area (Å²) in [5, 5.41) is 3.03. The Balaban J connectivity index is 0.00000220. The van der Waals surface area contributed by atoms with Crippen LogP contribution >= 0.6 is 12.4 Å². The third-order valence-corrected chi connectivity index (χ3v) is 4.40. The molecule has 21 heavy (non-hydrogen) atoms. The number of likely N-dealkylation sites (tertiary alicyclic amines) is 1. The highest BCUT2D eigenvalue weighted by Gasteiger charge is 2.26. The molecule has 2 fully saturated rings. The third-order valence-electron chi connectivity index (χ3n) is 4.40. The molecule has 2 heterocycles. The Labute approximate surface area is 134 Å². The first kappa shape index (κ1) is 18.7. The van der Waals surface area contributed by atoms with Gasteiger partial charge in [-0.25, -0.2) is 0 Å². The Bertz CT molecular complexity index is 299. The second-order valence-corrected chi connectivity index (χ2v) is 6.07. The van der Waals surface area contributed by atoms with Crippen molar-refractivity contribution in [1.82, 2.24) is 10.2 Å². The average molecular weight is 320 g/mol. The van der Waals surface area contributed by atoms with E-state index in [1.54, 1.807) is 0 Å². The molecule has 124 valence electrons. The number of piperidine rings is 1. The number of nitrogens with two attached hydrogens (primary N) is 1. The molecule has 0 saturated carbocycles. The summed E-state index contributed by atoms with van der Waals surface area (Å²) in [6.45, 7) is 5.31. The summed E-state index contributed by atoms with van der Waals surface area (Å²) in [7, 11) is 0. The molecule has 2 rings (SSSR count). The lowest BCUT2D eigenvalue weighted by atomic mass is 9.96. The molecule has 2 unspecified atom stereocenters. The predicted octanol–water partition coefficient (Wildman–Crippen LogP) is 1.15. The van der Waals surface area contributed by atoms with Crippen LogP contribution in [0.25, 0.3) is 0 Å². The Hall–Kier alpha value is -0.360. The number of nitrogens with zero attached hydrogens (tertiary/aromatic N) is 1. The summed E-state index contributed by atoms with van der Waals surface area (Å²) in [6.07, 6.45) is 6.65. The molecule has 1 amide bonds. The first-order valence-electron chi connectivity index (χ1n) is 8.08. The summed E-state index contributed by atoms with van der Waals surface area (Å²) in [4.78, 5) is 14.1. The minimum Gasteiger partial charge on any atom is -0.381 e. The quantitative estimate of drug-likeness (QED) is 0.771. The Morgan fingerprint density at radius 1 is 1.29 bits per heavy atom. The maximum Gasteiger partial charge on any atom is 0.221 e. The predicted molar refractivity (Wildman–Crippen MR) is 86.7 cm³/mol. The molecular formula is C15H30ClN3O2. The van der Waals surface area contributed by atoms with Crippen LogP contribution in [0.4, 0.5) is 0 Å². The highest BCUT2D eigenvalue weighted by atomic mass is 35.5. The van der Waals surface area contributed by atoms with Gasteiger partial charge >= 0.3 is 0 Å². The molecule has 0 radical (unpaired) electrons. The van der Waals surface area contributed by atoms with Crippen LogP contribution in [-0.4, -0.2) is 56.2 Å². The maximum absolute atomic E-state index is 11.6. The van der Waals surface area contributed by atoms with Crippen LogP contribution in [0.1, 0.15) is 38.5 Å². The number of ether oxygens (including phenoxy) is 1. The molecule has 0 aliphatic carbocycles. The summed E-state index contributed by atoms with van der Waals surface area (Å²) >= 11 is 0. The number of amides is 1. The molecule has 6 heteroatoms. The van der Waals surface area contributed by atoms with E-state index in [-0.39, 0.29) is 18.3 Å².